The molecule has 5 rings (SSSR count). The van der Waals surface area contributed by atoms with Crippen molar-refractivity contribution in [1.82, 2.24) is 14.4 Å². The van der Waals surface area contributed by atoms with Crippen LogP contribution in [0.2, 0.25) is 5.02 Å². The summed E-state index contributed by atoms with van der Waals surface area (Å²) in [7, 11) is 1.95. The first-order valence-corrected chi connectivity index (χ1v) is 13.2. The van der Waals surface area contributed by atoms with E-state index in [9.17, 15) is 10.1 Å². The zero-order valence-corrected chi connectivity index (χ0v) is 22.2. The Bertz CT molecular complexity index is 1310. The van der Waals surface area contributed by atoms with Crippen molar-refractivity contribution in [3.63, 3.8) is 0 Å². The van der Waals surface area contributed by atoms with E-state index in [4.69, 9.17) is 11.6 Å². The summed E-state index contributed by atoms with van der Waals surface area (Å²) in [6, 6.07) is 20.1. The summed E-state index contributed by atoms with van der Waals surface area (Å²) in [5, 5.41) is 10.3. The molecule has 8 heteroatoms. The second-order valence-corrected chi connectivity index (χ2v) is 10.4. The van der Waals surface area contributed by atoms with Crippen molar-refractivity contribution in [3.8, 4) is 6.07 Å². The molecule has 2 aliphatic rings. The Hall–Kier alpha value is -3.47. The second kappa shape index (κ2) is 10.9. The van der Waals surface area contributed by atoms with E-state index in [1.807, 2.05) is 65.0 Å². The van der Waals surface area contributed by atoms with Crippen LogP contribution in [-0.4, -0.2) is 72.1 Å². The molecule has 2 saturated heterocycles. The van der Waals surface area contributed by atoms with Crippen molar-refractivity contribution in [2.45, 2.75) is 19.5 Å². The third-order valence-electron chi connectivity index (χ3n) is 7.51. The lowest BCUT2D eigenvalue weighted by atomic mass is 10.1. The maximum Gasteiger partial charge on any atom is 0.270 e. The third-order valence-corrected chi connectivity index (χ3v) is 7.83. The number of amides is 1. The molecule has 0 spiro atoms. The summed E-state index contributed by atoms with van der Waals surface area (Å²) in [5.74, 6) is 0.0676. The summed E-state index contributed by atoms with van der Waals surface area (Å²) in [6.07, 6.45) is 2.08. The van der Waals surface area contributed by atoms with Crippen LogP contribution >= 0.6 is 11.6 Å². The number of halogens is 1. The molecule has 1 amide bonds. The quantitative estimate of drug-likeness (QED) is 0.508. The van der Waals surface area contributed by atoms with Gasteiger partial charge in [-0.1, -0.05) is 35.9 Å². The largest absolute Gasteiger partial charge is 0.368 e. The van der Waals surface area contributed by atoms with Gasteiger partial charge in [0.15, 0.2) is 0 Å². The molecular weight excluding hydrogens is 484 g/mol. The van der Waals surface area contributed by atoms with Gasteiger partial charge in [-0.25, -0.2) is 0 Å². The number of carbonyl (C=O) groups is 1. The third kappa shape index (κ3) is 5.31. The first-order valence-electron chi connectivity index (χ1n) is 12.9. The van der Waals surface area contributed by atoms with Crippen molar-refractivity contribution in [1.29, 1.82) is 5.26 Å². The van der Waals surface area contributed by atoms with Gasteiger partial charge in [-0.3, -0.25) is 9.69 Å². The van der Waals surface area contributed by atoms with E-state index < -0.39 is 0 Å². The summed E-state index contributed by atoms with van der Waals surface area (Å²) in [5.41, 5.74) is 4.60. The monoisotopic (exact) mass is 516 g/mol. The highest BCUT2D eigenvalue weighted by molar-refractivity contribution is 6.33. The van der Waals surface area contributed by atoms with Gasteiger partial charge >= 0.3 is 0 Å². The molecule has 0 N–H and O–H groups in total. The van der Waals surface area contributed by atoms with Crippen LogP contribution in [0.15, 0.2) is 60.8 Å². The molecule has 0 bridgehead atoms. The van der Waals surface area contributed by atoms with Crippen molar-refractivity contribution in [3.05, 3.63) is 82.6 Å². The molecule has 3 heterocycles. The lowest BCUT2D eigenvalue weighted by molar-refractivity contribution is 0.0664. The van der Waals surface area contributed by atoms with Crippen LogP contribution in [-0.2, 0) is 13.6 Å². The molecule has 192 valence electrons. The first-order chi connectivity index (χ1) is 17.9. The lowest BCUT2D eigenvalue weighted by Gasteiger charge is -2.41. The van der Waals surface area contributed by atoms with Crippen LogP contribution < -0.4 is 9.80 Å². The number of carbonyl (C=O) groups excluding carboxylic acids is 1. The van der Waals surface area contributed by atoms with E-state index >= 15 is 0 Å². The van der Waals surface area contributed by atoms with Crippen LogP contribution in [0.1, 0.15) is 28.5 Å². The molecule has 7 nitrogen and oxygen atoms in total. The van der Waals surface area contributed by atoms with Crippen molar-refractivity contribution in [2.75, 3.05) is 55.6 Å². The molecule has 0 aliphatic carbocycles. The number of hydrogen-bond donors (Lipinski definition) is 0. The van der Waals surface area contributed by atoms with E-state index in [1.165, 1.54) is 0 Å². The highest BCUT2D eigenvalue weighted by Crippen LogP contribution is 2.27. The Morgan fingerprint density at radius 1 is 0.973 bits per heavy atom. The molecule has 2 aromatic carbocycles. The Morgan fingerprint density at radius 3 is 2.35 bits per heavy atom. The number of aryl methyl sites for hydroxylation is 1. The molecule has 1 aromatic heterocycles. The highest BCUT2D eigenvalue weighted by Gasteiger charge is 2.30. The Labute approximate surface area is 224 Å². The zero-order valence-electron chi connectivity index (χ0n) is 21.5. The Morgan fingerprint density at radius 2 is 1.65 bits per heavy atom. The Kier molecular flexibility index (Phi) is 7.40. The molecule has 37 heavy (non-hydrogen) atoms. The maximum atomic E-state index is 13.5. The van der Waals surface area contributed by atoms with Gasteiger partial charge < -0.3 is 19.3 Å². The number of nitriles is 1. The molecule has 1 atom stereocenters. The second-order valence-electron chi connectivity index (χ2n) is 9.98. The Balaban J connectivity index is 1.19. The molecule has 2 aliphatic heterocycles. The van der Waals surface area contributed by atoms with Crippen LogP contribution in [0.3, 0.4) is 0 Å². The number of para-hydroxylation sites is 2. The molecular formula is C29H33ClN6O. The van der Waals surface area contributed by atoms with Crippen LogP contribution in [0.4, 0.5) is 11.4 Å². The van der Waals surface area contributed by atoms with Crippen LogP contribution in [0, 0.1) is 11.3 Å². The van der Waals surface area contributed by atoms with Gasteiger partial charge in [0.05, 0.1) is 22.0 Å². The van der Waals surface area contributed by atoms with Gasteiger partial charge in [-0.15, -0.1) is 0 Å². The summed E-state index contributed by atoms with van der Waals surface area (Å²) in [6.45, 7) is 8.72. The highest BCUT2D eigenvalue weighted by atomic mass is 35.5. The van der Waals surface area contributed by atoms with Gasteiger partial charge in [0.25, 0.3) is 5.91 Å². The van der Waals surface area contributed by atoms with E-state index in [2.05, 4.69) is 40.0 Å². The maximum absolute atomic E-state index is 13.5. The predicted molar refractivity (Wildman–Crippen MR) is 148 cm³/mol. The SMILES string of the molecule is CC1CN(c2ccccc2C#N)CCN1C(=O)c1cc(CN2CCN(c3ccccc3Cl)CC2)cn1C. The summed E-state index contributed by atoms with van der Waals surface area (Å²) < 4.78 is 1.96. The number of aromatic nitrogens is 1. The summed E-state index contributed by atoms with van der Waals surface area (Å²) in [4.78, 5) is 22.5. The van der Waals surface area contributed by atoms with Crippen LogP contribution in [0.25, 0.3) is 0 Å². The minimum atomic E-state index is 0.0456. The topological polar surface area (TPSA) is 58.8 Å². The van der Waals surface area contributed by atoms with Gasteiger partial charge in [0.2, 0.25) is 0 Å². The molecule has 1 unspecified atom stereocenters. The van der Waals surface area contributed by atoms with Gasteiger partial charge in [-0.2, -0.15) is 5.26 Å². The standard InChI is InChI=1S/C29H33ClN6O/c1-22-19-35(26-9-5-3-7-24(26)18-31)15-16-36(22)29(37)28-17-23(20-32(28)2)21-33-11-13-34(14-12-33)27-10-6-4-8-25(27)30/h3-10,17,20,22H,11-16,19,21H2,1-2H3. The average molecular weight is 517 g/mol. The molecule has 2 fully saturated rings. The molecule has 3 aromatic rings. The average Bonchev–Trinajstić information content (AvgIpc) is 3.28. The van der Waals surface area contributed by atoms with Crippen molar-refractivity contribution >= 4 is 28.9 Å². The molecule has 0 radical (unpaired) electrons. The minimum absolute atomic E-state index is 0.0456. The fraction of sp³-hybridized carbons (Fsp3) is 0.379. The number of anilines is 2. The van der Waals surface area contributed by atoms with E-state index in [1.54, 1.807) is 0 Å². The van der Waals surface area contributed by atoms with Gasteiger partial charge in [-0.05, 0) is 42.8 Å². The lowest BCUT2D eigenvalue weighted by Crippen LogP contribution is -2.54. The van der Waals surface area contributed by atoms with E-state index in [-0.39, 0.29) is 11.9 Å². The van der Waals surface area contributed by atoms with Crippen LogP contribution in [0.5, 0.6) is 0 Å². The van der Waals surface area contributed by atoms with Crippen molar-refractivity contribution in [2.24, 2.45) is 7.05 Å². The normalized spacial score (nSPS) is 18.6. The van der Waals surface area contributed by atoms with Crippen molar-refractivity contribution < 1.29 is 4.79 Å². The number of hydrogen-bond acceptors (Lipinski definition) is 5. The van der Waals surface area contributed by atoms with E-state index in [0.29, 0.717) is 25.2 Å². The van der Waals surface area contributed by atoms with Gasteiger partial charge in [0.1, 0.15) is 11.8 Å². The number of rotatable bonds is 5. The number of benzene rings is 2. The first kappa shape index (κ1) is 25.2. The minimum Gasteiger partial charge on any atom is -0.368 e. The smallest absolute Gasteiger partial charge is 0.270 e. The fourth-order valence-electron chi connectivity index (χ4n) is 5.51. The van der Waals surface area contributed by atoms with Gasteiger partial charge in [0, 0.05) is 71.6 Å². The number of piperazine rings is 2. The number of nitrogens with zero attached hydrogens (tertiary/aromatic N) is 6. The molecule has 0 saturated carbocycles. The zero-order chi connectivity index (χ0) is 25.9. The predicted octanol–water partition coefficient (Wildman–Crippen LogP) is 4.22. The van der Waals surface area contributed by atoms with E-state index in [0.717, 1.165) is 60.4 Å². The fourth-order valence-corrected chi connectivity index (χ4v) is 5.77. The summed E-state index contributed by atoms with van der Waals surface area (Å²) >= 11 is 6.39.